The molecule has 0 bridgehead atoms. The maximum atomic E-state index is 12.5. The van der Waals surface area contributed by atoms with Gasteiger partial charge < -0.3 is 9.47 Å². The van der Waals surface area contributed by atoms with Gasteiger partial charge in [0.25, 0.3) is 0 Å². The molecule has 3 nitrogen and oxygen atoms in total. The molecule has 170 valence electrons. The Morgan fingerprint density at radius 1 is 0.824 bits per heavy atom. The molecule has 0 amide bonds. The summed E-state index contributed by atoms with van der Waals surface area (Å²) in [6.45, 7) is 0.349. The first kappa shape index (κ1) is 23.3. The van der Waals surface area contributed by atoms with Gasteiger partial charge in [-0.3, -0.25) is 4.79 Å². The maximum Gasteiger partial charge on any atom is 0.185 e. The van der Waals surface area contributed by atoms with Gasteiger partial charge in [-0.05, 0) is 65.2 Å². The van der Waals surface area contributed by atoms with Crippen molar-refractivity contribution in [3.05, 3.63) is 136 Å². The number of hydrogen-bond acceptors (Lipinski definition) is 3. The molecule has 0 aliphatic heterocycles. The first-order chi connectivity index (χ1) is 16.6. The molecule has 0 saturated carbocycles. The summed E-state index contributed by atoms with van der Waals surface area (Å²) >= 11 is 5.91. The second kappa shape index (κ2) is 11.4. The third-order valence-corrected chi connectivity index (χ3v) is 5.71. The predicted octanol–water partition coefficient (Wildman–Crippen LogP) is 7.41. The minimum Gasteiger partial charge on any atom is -0.496 e. The molecule has 0 aromatic heterocycles. The summed E-state index contributed by atoms with van der Waals surface area (Å²) in [5, 5.41) is 0.602. The number of ether oxygens (including phenoxy) is 2. The fourth-order valence-corrected chi connectivity index (χ4v) is 3.79. The number of carbonyl (C=O) groups is 1. The lowest BCUT2D eigenvalue weighted by atomic mass is 10.0. The van der Waals surface area contributed by atoms with E-state index in [2.05, 4.69) is 18.2 Å². The SMILES string of the molecule is COc1ccc(/C=C/C(=O)c2ccc(Cl)cc2)cc1COc1ccccc1Cc1ccccc1. The fourth-order valence-electron chi connectivity index (χ4n) is 3.66. The largest absolute Gasteiger partial charge is 0.496 e. The highest BCUT2D eigenvalue weighted by Gasteiger charge is 2.09. The molecule has 0 N–H and O–H groups in total. The van der Waals surface area contributed by atoms with Gasteiger partial charge in [-0.15, -0.1) is 0 Å². The Bertz CT molecular complexity index is 1280. The molecule has 0 spiro atoms. The number of methoxy groups -OCH3 is 1. The van der Waals surface area contributed by atoms with E-state index in [1.54, 1.807) is 43.5 Å². The van der Waals surface area contributed by atoms with E-state index in [1.165, 1.54) is 5.56 Å². The quantitative estimate of drug-likeness (QED) is 0.189. The molecule has 0 unspecified atom stereocenters. The normalized spacial score (nSPS) is 10.9. The molecular formula is C30H25ClO3. The number of allylic oxidation sites excluding steroid dienone is 1. The van der Waals surface area contributed by atoms with Crippen molar-refractivity contribution in [2.24, 2.45) is 0 Å². The Labute approximate surface area is 205 Å². The first-order valence-electron chi connectivity index (χ1n) is 11.0. The first-order valence-corrected chi connectivity index (χ1v) is 11.4. The van der Waals surface area contributed by atoms with Gasteiger partial charge in [0.15, 0.2) is 5.78 Å². The van der Waals surface area contributed by atoms with Crippen molar-refractivity contribution in [1.82, 2.24) is 0 Å². The van der Waals surface area contributed by atoms with Crippen LogP contribution in [0.25, 0.3) is 6.08 Å². The Hall–Kier alpha value is -3.82. The van der Waals surface area contributed by atoms with Crippen molar-refractivity contribution >= 4 is 23.5 Å². The predicted molar refractivity (Wildman–Crippen MR) is 138 cm³/mol. The molecule has 0 aliphatic carbocycles. The van der Waals surface area contributed by atoms with Gasteiger partial charge in [-0.2, -0.15) is 0 Å². The summed E-state index contributed by atoms with van der Waals surface area (Å²) in [6, 6.07) is 31.0. The second-order valence-corrected chi connectivity index (χ2v) is 8.27. The molecular weight excluding hydrogens is 444 g/mol. The highest BCUT2D eigenvalue weighted by atomic mass is 35.5. The number of carbonyl (C=O) groups excluding carboxylic acids is 1. The highest BCUT2D eigenvalue weighted by molar-refractivity contribution is 6.30. The molecule has 0 fully saturated rings. The van der Waals surface area contributed by atoms with Crippen molar-refractivity contribution in [2.45, 2.75) is 13.0 Å². The summed E-state index contributed by atoms with van der Waals surface area (Å²) in [7, 11) is 1.64. The lowest BCUT2D eigenvalue weighted by Gasteiger charge is -2.14. The molecule has 0 atom stereocenters. The Balaban J connectivity index is 1.49. The summed E-state index contributed by atoms with van der Waals surface area (Å²) < 4.78 is 11.8. The van der Waals surface area contributed by atoms with Crippen molar-refractivity contribution in [3.8, 4) is 11.5 Å². The van der Waals surface area contributed by atoms with Crippen LogP contribution in [0.1, 0.15) is 32.6 Å². The minimum absolute atomic E-state index is 0.0832. The average molecular weight is 469 g/mol. The van der Waals surface area contributed by atoms with E-state index in [-0.39, 0.29) is 5.78 Å². The molecule has 0 radical (unpaired) electrons. The molecule has 4 aromatic carbocycles. The van der Waals surface area contributed by atoms with Crippen LogP contribution in [-0.2, 0) is 13.0 Å². The zero-order valence-electron chi connectivity index (χ0n) is 18.9. The topological polar surface area (TPSA) is 35.5 Å². The zero-order valence-corrected chi connectivity index (χ0v) is 19.7. The Morgan fingerprint density at radius 3 is 2.32 bits per heavy atom. The van der Waals surface area contributed by atoms with Crippen LogP contribution in [0.2, 0.25) is 5.02 Å². The zero-order chi connectivity index (χ0) is 23.8. The highest BCUT2D eigenvalue weighted by Crippen LogP contribution is 2.26. The van der Waals surface area contributed by atoms with Crippen LogP contribution >= 0.6 is 11.6 Å². The third kappa shape index (κ3) is 6.15. The maximum absolute atomic E-state index is 12.5. The lowest BCUT2D eigenvalue weighted by Crippen LogP contribution is -2.02. The van der Waals surface area contributed by atoms with Crippen LogP contribution in [0.15, 0.2) is 103 Å². The van der Waals surface area contributed by atoms with Crippen LogP contribution < -0.4 is 9.47 Å². The van der Waals surface area contributed by atoms with Gasteiger partial charge in [0.05, 0.1) is 7.11 Å². The Morgan fingerprint density at radius 2 is 1.56 bits per heavy atom. The van der Waals surface area contributed by atoms with Crippen LogP contribution in [0.3, 0.4) is 0 Å². The van der Waals surface area contributed by atoms with Gasteiger partial charge in [-0.1, -0.05) is 72.3 Å². The van der Waals surface area contributed by atoms with Crippen molar-refractivity contribution in [1.29, 1.82) is 0 Å². The number of rotatable bonds is 9. The second-order valence-electron chi connectivity index (χ2n) is 7.83. The van der Waals surface area contributed by atoms with Crippen molar-refractivity contribution in [3.63, 3.8) is 0 Å². The van der Waals surface area contributed by atoms with Crippen LogP contribution in [0.4, 0.5) is 0 Å². The van der Waals surface area contributed by atoms with Gasteiger partial charge in [-0.25, -0.2) is 0 Å². The fraction of sp³-hybridized carbons (Fsp3) is 0.100. The summed E-state index contributed by atoms with van der Waals surface area (Å²) in [5.41, 5.74) is 4.73. The monoisotopic (exact) mass is 468 g/mol. The van der Waals surface area contributed by atoms with E-state index in [9.17, 15) is 4.79 Å². The lowest BCUT2D eigenvalue weighted by molar-refractivity contribution is 0.104. The third-order valence-electron chi connectivity index (χ3n) is 5.45. The van der Waals surface area contributed by atoms with Crippen LogP contribution in [-0.4, -0.2) is 12.9 Å². The van der Waals surface area contributed by atoms with Crippen LogP contribution in [0.5, 0.6) is 11.5 Å². The van der Waals surface area contributed by atoms with E-state index >= 15 is 0 Å². The van der Waals surface area contributed by atoms with Gasteiger partial charge in [0, 0.05) is 22.6 Å². The van der Waals surface area contributed by atoms with Crippen LogP contribution in [0, 0.1) is 0 Å². The van der Waals surface area contributed by atoms with Crippen molar-refractivity contribution in [2.75, 3.05) is 7.11 Å². The molecule has 4 heteroatoms. The molecule has 0 aliphatic rings. The van der Waals surface area contributed by atoms with E-state index in [0.717, 1.165) is 34.6 Å². The molecule has 4 aromatic rings. The smallest absolute Gasteiger partial charge is 0.185 e. The molecule has 34 heavy (non-hydrogen) atoms. The standard InChI is InChI=1S/C30H25ClO3/c1-33-29-18-12-23(11-17-28(32)24-13-15-27(31)16-14-24)20-26(29)21-34-30-10-6-5-9-25(30)19-22-7-3-2-4-8-22/h2-18,20H,19,21H2,1H3/b17-11+. The van der Waals surface area contributed by atoms with Gasteiger partial charge in [0.2, 0.25) is 0 Å². The number of ketones is 1. The molecule has 4 rings (SSSR count). The molecule has 0 saturated heterocycles. The average Bonchev–Trinajstić information content (AvgIpc) is 2.88. The molecule has 0 heterocycles. The van der Waals surface area contributed by atoms with E-state index < -0.39 is 0 Å². The number of halogens is 1. The number of para-hydroxylation sites is 1. The van der Waals surface area contributed by atoms with E-state index in [0.29, 0.717) is 17.2 Å². The van der Waals surface area contributed by atoms with E-state index in [1.807, 2.05) is 54.6 Å². The van der Waals surface area contributed by atoms with Gasteiger partial charge >= 0.3 is 0 Å². The van der Waals surface area contributed by atoms with Gasteiger partial charge in [0.1, 0.15) is 18.1 Å². The Kier molecular flexibility index (Phi) is 7.79. The summed E-state index contributed by atoms with van der Waals surface area (Å²) in [6.07, 6.45) is 4.15. The number of hydrogen-bond donors (Lipinski definition) is 0. The summed E-state index contributed by atoms with van der Waals surface area (Å²) in [5.74, 6) is 1.49. The number of benzene rings is 4. The van der Waals surface area contributed by atoms with Crippen molar-refractivity contribution < 1.29 is 14.3 Å². The minimum atomic E-state index is -0.0832. The van der Waals surface area contributed by atoms with E-state index in [4.69, 9.17) is 21.1 Å². The summed E-state index contributed by atoms with van der Waals surface area (Å²) in [4.78, 5) is 12.5.